The summed E-state index contributed by atoms with van der Waals surface area (Å²) in [4.78, 5) is 14.3. The van der Waals surface area contributed by atoms with E-state index in [2.05, 4.69) is 10.4 Å². The number of fused-ring (bicyclic) bond motifs is 1. The van der Waals surface area contributed by atoms with Crippen molar-refractivity contribution in [3.63, 3.8) is 0 Å². The topological polar surface area (TPSA) is 63.3 Å². The number of urea groups is 1. The van der Waals surface area contributed by atoms with E-state index in [0.29, 0.717) is 5.92 Å². The molecule has 0 bridgehead atoms. The second-order valence-corrected chi connectivity index (χ2v) is 6.64. The van der Waals surface area contributed by atoms with Crippen LogP contribution < -0.4 is 5.32 Å². The van der Waals surface area contributed by atoms with Crippen LogP contribution in [-0.2, 0) is 26.3 Å². The largest absolute Gasteiger partial charge is 0.472 e. The van der Waals surface area contributed by atoms with Crippen LogP contribution in [0.4, 0.5) is 10.6 Å². The lowest BCUT2D eigenvalue weighted by atomic mass is 9.94. The Labute approximate surface area is 135 Å². The predicted molar refractivity (Wildman–Crippen MR) is 86.3 cm³/mol. The molecule has 1 aliphatic carbocycles. The minimum absolute atomic E-state index is 0.00943. The van der Waals surface area contributed by atoms with E-state index in [1.54, 1.807) is 12.5 Å². The highest BCUT2D eigenvalue weighted by Gasteiger charge is 2.32. The molecule has 1 N–H and O–H groups in total. The second kappa shape index (κ2) is 5.76. The molecular weight excluding hydrogens is 292 g/mol. The Bertz CT molecular complexity index is 699. The van der Waals surface area contributed by atoms with Gasteiger partial charge in [0, 0.05) is 25.7 Å². The van der Waals surface area contributed by atoms with E-state index in [-0.39, 0.29) is 6.03 Å². The predicted octanol–water partition coefficient (Wildman–Crippen LogP) is 2.60. The fraction of sp³-hybridized carbons (Fsp3) is 0.529. The van der Waals surface area contributed by atoms with Crippen LogP contribution in [0.15, 0.2) is 23.0 Å². The standard InChI is InChI=1S/C17H22N4O2/c1-20-16(14-4-2-3-5-15(14)19-20)18-17(22)21-9-13(10-21)8-12-6-7-23-11-12/h6-7,11,13H,2-5,8-10H2,1H3,(H,18,22). The minimum atomic E-state index is -0.00943. The Hall–Kier alpha value is -2.24. The molecule has 0 saturated carbocycles. The van der Waals surface area contributed by atoms with E-state index >= 15 is 0 Å². The summed E-state index contributed by atoms with van der Waals surface area (Å²) < 4.78 is 6.91. The monoisotopic (exact) mass is 314 g/mol. The summed E-state index contributed by atoms with van der Waals surface area (Å²) in [5.41, 5.74) is 3.58. The van der Waals surface area contributed by atoms with Crippen LogP contribution in [0.25, 0.3) is 0 Å². The number of hydrogen-bond acceptors (Lipinski definition) is 3. The van der Waals surface area contributed by atoms with Gasteiger partial charge in [-0.15, -0.1) is 0 Å². The maximum absolute atomic E-state index is 12.4. The molecule has 2 amide bonds. The van der Waals surface area contributed by atoms with Gasteiger partial charge in [-0.05, 0) is 49.7 Å². The Kier molecular flexibility index (Phi) is 3.59. The lowest BCUT2D eigenvalue weighted by molar-refractivity contribution is 0.131. The number of nitrogens with zero attached hydrogens (tertiary/aromatic N) is 3. The van der Waals surface area contributed by atoms with E-state index in [1.807, 2.05) is 22.7 Å². The maximum Gasteiger partial charge on any atom is 0.323 e. The summed E-state index contributed by atoms with van der Waals surface area (Å²) in [6, 6.07) is 1.98. The van der Waals surface area contributed by atoms with Crippen LogP contribution >= 0.6 is 0 Å². The number of amides is 2. The number of furan rings is 1. The van der Waals surface area contributed by atoms with Gasteiger partial charge in [0.2, 0.25) is 0 Å². The van der Waals surface area contributed by atoms with Gasteiger partial charge in [0.15, 0.2) is 0 Å². The van der Waals surface area contributed by atoms with Gasteiger partial charge in [0.05, 0.1) is 18.2 Å². The number of hydrogen-bond donors (Lipinski definition) is 1. The molecule has 2 aromatic rings. The van der Waals surface area contributed by atoms with Crippen molar-refractivity contribution >= 4 is 11.8 Å². The van der Waals surface area contributed by atoms with Crippen molar-refractivity contribution in [2.24, 2.45) is 13.0 Å². The normalized spacial score (nSPS) is 17.7. The van der Waals surface area contributed by atoms with Crippen molar-refractivity contribution in [3.05, 3.63) is 35.4 Å². The summed E-state index contributed by atoms with van der Waals surface area (Å²) in [5.74, 6) is 1.40. The molecule has 2 aliphatic rings. The van der Waals surface area contributed by atoms with E-state index in [0.717, 1.165) is 43.9 Å². The first-order valence-corrected chi connectivity index (χ1v) is 8.32. The molecule has 0 aromatic carbocycles. The van der Waals surface area contributed by atoms with Crippen molar-refractivity contribution in [2.75, 3.05) is 18.4 Å². The summed E-state index contributed by atoms with van der Waals surface area (Å²) >= 11 is 0. The molecule has 6 heteroatoms. The second-order valence-electron chi connectivity index (χ2n) is 6.64. The van der Waals surface area contributed by atoms with E-state index < -0.39 is 0 Å². The summed E-state index contributed by atoms with van der Waals surface area (Å²) in [7, 11) is 1.91. The number of anilines is 1. The highest BCUT2D eigenvalue weighted by atomic mass is 16.3. The smallest absolute Gasteiger partial charge is 0.323 e. The third-order valence-electron chi connectivity index (χ3n) is 4.89. The SMILES string of the molecule is Cn1nc2c(c1NC(=O)N1CC(Cc3ccoc3)C1)CCCC2. The Morgan fingerprint density at radius 2 is 2.22 bits per heavy atom. The van der Waals surface area contributed by atoms with Crippen molar-refractivity contribution in [3.8, 4) is 0 Å². The van der Waals surface area contributed by atoms with Crippen LogP contribution in [0.5, 0.6) is 0 Å². The van der Waals surface area contributed by atoms with Gasteiger partial charge >= 0.3 is 6.03 Å². The molecular formula is C17H22N4O2. The number of aryl methyl sites for hydroxylation is 2. The first-order valence-electron chi connectivity index (χ1n) is 8.32. The van der Waals surface area contributed by atoms with E-state index in [4.69, 9.17) is 4.42 Å². The molecule has 1 aliphatic heterocycles. The first-order chi connectivity index (χ1) is 11.2. The number of likely N-dealkylation sites (tertiary alicyclic amines) is 1. The molecule has 0 radical (unpaired) electrons. The number of aromatic nitrogens is 2. The van der Waals surface area contributed by atoms with Gasteiger partial charge in [0.25, 0.3) is 0 Å². The van der Waals surface area contributed by atoms with Crippen LogP contribution in [0.1, 0.15) is 29.7 Å². The molecule has 23 heavy (non-hydrogen) atoms. The maximum atomic E-state index is 12.4. The number of nitrogens with one attached hydrogen (secondary N) is 1. The third kappa shape index (κ3) is 2.73. The van der Waals surface area contributed by atoms with Crippen molar-refractivity contribution < 1.29 is 9.21 Å². The Morgan fingerprint density at radius 3 is 3.00 bits per heavy atom. The molecule has 1 fully saturated rings. The third-order valence-corrected chi connectivity index (χ3v) is 4.89. The lowest BCUT2D eigenvalue weighted by Crippen LogP contribution is -2.52. The average Bonchev–Trinajstić information content (AvgIpc) is 3.11. The van der Waals surface area contributed by atoms with Gasteiger partial charge in [0.1, 0.15) is 5.82 Å². The van der Waals surface area contributed by atoms with Crippen molar-refractivity contribution in [1.82, 2.24) is 14.7 Å². The zero-order chi connectivity index (χ0) is 15.8. The summed E-state index contributed by atoms with van der Waals surface area (Å²) in [5, 5.41) is 7.61. The van der Waals surface area contributed by atoms with Crippen LogP contribution in [-0.4, -0.2) is 33.8 Å². The van der Waals surface area contributed by atoms with Gasteiger partial charge in [-0.1, -0.05) is 0 Å². The van der Waals surface area contributed by atoms with Crippen LogP contribution in [0.3, 0.4) is 0 Å². The quantitative estimate of drug-likeness (QED) is 0.947. The Morgan fingerprint density at radius 1 is 1.39 bits per heavy atom. The van der Waals surface area contributed by atoms with Crippen molar-refractivity contribution in [1.29, 1.82) is 0 Å². The molecule has 1 saturated heterocycles. The molecule has 3 heterocycles. The number of carbonyl (C=O) groups excluding carboxylic acids is 1. The molecule has 6 nitrogen and oxygen atoms in total. The summed E-state index contributed by atoms with van der Waals surface area (Å²) in [6.45, 7) is 1.61. The highest BCUT2D eigenvalue weighted by Crippen LogP contribution is 2.28. The lowest BCUT2D eigenvalue weighted by Gasteiger charge is -2.39. The Balaban J connectivity index is 1.35. The molecule has 122 valence electrons. The van der Waals surface area contributed by atoms with Gasteiger partial charge in [-0.3, -0.25) is 10.00 Å². The fourth-order valence-electron chi connectivity index (χ4n) is 3.62. The number of carbonyl (C=O) groups is 1. The average molecular weight is 314 g/mol. The first kappa shape index (κ1) is 14.4. The molecule has 0 spiro atoms. The van der Waals surface area contributed by atoms with Crippen LogP contribution in [0.2, 0.25) is 0 Å². The number of rotatable bonds is 3. The minimum Gasteiger partial charge on any atom is -0.472 e. The molecule has 0 atom stereocenters. The van der Waals surface area contributed by atoms with E-state index in [9.17, 15) is 4.79 Å². The van der Waals surface area contributed by atoms with Gasteiger partial charge in [-0.25, -0.2) is 4.79 Å². The fourth-order valence-corrected chi connectivity index (χ4v) is 3.62. The zero-order valence-corrected chi connectivity index (χ0v) is 13.4. The zero-order valence-electron chi connectivity index (χ0n) is 13.4. The molecule has 2 aromatic heterocycles. The summed E-state index contributed by atoms with van der Waals surface area (Å²) in [6.07, 6.45) is 8.87. The van der Waals surface area contributed by atoms with Crippen LogP contribution in [0, 0.1) is 5.92 Å². The van der Waals surface area contributed by atoms with Gasteiger partial charge < -0.3 is 9.32 Å². The highest BCUT2D eigenvalue weighted by molar-refractivity contribution is 5.90. The molecule has 4 rings (SSSR count). The van der Waals surface area contributed by atoms with Gasteiger partial charge in [-0.2, -0.15) is 5.10 Å². The van der Waals surface area contributed by atoms with Crippen molar-refractivity contribution in [2.45, 2.75) is 32.1 Å². The molecule has 0 unspecified atom stereocenters. The van der Waals surface area contributed by atoms with E-state index in [1.165, 1.54) is 24.0 Å².